The molecule has 0 aliphatic rings. The molecule has 0 aromatic heterocycles. The summed E-state index contributed by atoms with van der Waals surface area (Å²) in [4.78, 5) is 12.1. The largest absolute Gasteiger partial charge is 0.493 e. The van der Waals surface area contributed by atoms with Gasteiger partial charge in [0.05, 0.1) is 19.8 Å². The maximum absolute atomic E-state index is 12.1. The third-order valence-electron chi connectivity index (χ3n) is 2.84. The molecule has 0 saturated carbocycles. The Kier molecular flexibility index (Phi) is 4.73. The molecule has 0 N–H and O–H groups in total. The first-order valence-electron chi connectivity index (χ1n) is 5.74. The Hall–Kier alpha value is -1.55. The Bertz CT molecular complexity index is 424. The summed E-state index contributed by atoms with van der Waals surface area (Å²) in [5, 5.41) is 0. The molecule has 0 atom stereocenters. The summed E-state index contributed by atoms with van der Waals surface area (Å²) in [6, 6.07) is 5.15. The molecule has 0 bridgehead atoms. The highest BCUT2D eigenvalue weighted by atomic mass is 16.5. The van der Waals surface area contributed by atoms with Gasteiger partial charge >= 0.3 is 0 Å². The quantitative estimate of drug-likeness (QED) is 0.730. The number of ketones is 1. The summed E-state index contributed by atoms with van der Waals surface area (Å²) >= 11 is 0. The molecule has 0 amide bonds. The van der Waals surface area contributed by atoms with Gasteiger partial charge in [0, 0.05) is 19.1 Å². The fourth-order valence-electron chi connectivity index (χ4n) is 1.57. The van der Waals surface area contributed by atoms with E-state index in [-0.39, 0.29) is 5.78 Å². The molecule has 100 valence electrons. The Morgan fingerprint density at radius 1 is 1.11 bits per heavy atom. The van der Waals surface area contributed by atoms with E-state index in [4.69, 9.17) is 14.2 Å². The van der Waals surface area contributed by atoms with Gasteiger partial charge in [-0.25, -0.2) is 0 Å². The maximum Gasteiger partial charge on any atom is 0.165 e. The Morgan fingerprint density at radius 2 is 1.72 bits per heavy atom. The van der Waals surface area contributed by atoms with Crippen LogP contribution < -0.4 is 9.47 Å². The van der Waals surface area contributed by atoms with Crippen molar-refractivity contribution in [2.24, 2.45) is 0 Å². The lowest BCUT2D eigenvalue weighted by Crippen LogP contribution is -2.26. The minimum Gasteiger partial charge on any atom is -0.493 e. The van der Waals surface area contributed by atoms with Gasteiger partial charge in [-0.2, -0.15) is 0 Å². The number of benzene rings is 1. The van der Waals surface area contributed by atoms with E-state index in [1.54, 1.807) is 39.5 Å². The lowest BCUT2D eigenvalue weighted by molar-refractivity contribution is 0.0172. The second kappa shape index (κ2) is 5.87. The van der Waals surface area contributed by atoms with Crippen LogP contribution in [0.2, 0.25) is 0 Å². The van der Waals surface area contributed by atoms with Crippen LogP contribution in [0.15, 0.2) is 18.2 Å². The van der Waals surface area contributed by atoms with Crippen molar-refractivity contribution < 1.29 is 19.0 Å². The Balaban J connectivity index is 2.93. The highest BCUT2D eigenvalue weighted by molar-refractivity contribution is 5.97. The average Bonchev–Trinajstić information content (AvgIpc) is 2.37. The second-order valence-electron chi connectivity index (χ2n) is 4.63. The van der Waals surface area contributed by atoms with Crippen molar-refractivity contribution in [1.82, 2.24) is 0 Å². The molecule has 0 radical (unpaired) electrons. The number of methoxy groups -OCH3 is 3. The van der Waals surface area contributed by atoms with E-state index < -0.39 is 5.60 Å². The molecule has 1 aromatic rings. The topological polar surface area (TPSA) is 44.8 Å². The van der Waals surface area contributed by atoms with Crippen LogP contribution in [0.1, 0.15) is 30.6 Å². The fraction of sp³-hybridized carbons (Fsp3) is 0.500. The summed E-state index contributed by atoms with van der Waals surface area (Å²) < 4.78 is 15.6. The molecule has 0 heterocycles. The van der Waals surface area contributed by atoms with Crippen LogP contribution in [-0.4, -0.2) is 32.7 Å². The summed E-state index contributed by atoms with van der Waals surface area (Å²) in [6.07, 6.45) is 0.318. The lowest BCUT2D eigenvalue weighted by atomic mass is 9.97. The molecule has 18 heavy (non-hydrogen) atoms. The predicted molar refractivity (Wildman–Crippen MR) is 69.6 cm³/mol. The molecule has 1 rings (SSSR count). The minimum absolute atomic E-state index is 0.0165. The summed E-state index contributed by atoms with van der Waals surface area (Å²) in [6.45, 7) is 3.76. The molecule has 0 saturated heterocycles. The summed E-state index contributed by atoms with van der Waals surface area (Å²) in [5.74, 6) is 1.18. The smallest absolute Gasteiger partial charge is 0.165 e. The van der Waals surface area contributed by atoms with Crippen LogP contribution >= 0.6 is 0 Å². The van der Waals surface area contributed by atoms with E-state index in [1.165, 1.54) is 0 Å². The Morgan fingerprint density at radius 3 is 2.22 bits per heavy atom. The van der Waals surface area contributed by atoms with E-state index in [2.05, 4.69) is 0 Å². The first-order valence-corrected chi connectivity index (χ1v) is 5.74. The molecular weight excluding hydrogens is 232 g/mol. The molecule has 0 fully saturated rings. The third kappa shape index (κ3) is 3.47. The zero-order chi connectivity index (χ0) is 13.8. The predicted octanol–water partition coefficient (Wildman–Crippen LogP) is 2.70. The number of hydrogen-bond acceptors (Lipinski definition) is 4. The van der Waals surface area contributed by atoms with Crippen LogP contribution in [-0.2, 0) is 4.74 Å². The molecule has 1 aromatic carbocycles. The highest BCUT2D eigenvalue weighted by Crippen LogP contribution is 2.28. The van der Waals surface area contributed by atoms with E-state index in [1.807, 2.05) is 13.8 Å². The first-order chi connectivity index (χ1) is 8.43. The van der Waals surface area contributed by atoms with Crippen molar-refractivity contribution in [2.75, 3.05) is 21.3 Å². The van der Waals surface area contributed by atoms with E-state index in [9.17, 15) is 4.79 Å². The van der Waals surface area contributed by atoms with Gasteiger partial charge in [0.1, 0.15) is 0 Å². The zero-order valence-electron chi connectivity index (χ0n) is 11.6. The van der Waals surface area contributed by atoms with Crippen molar-refractivity contribution in [3.05, 3.63) is 23.8 Å². The molecule has 0 spiro atoms. The van der Waals surface area contributed by atoms with E-state index >= 15 is 0 Å². The number of carbonyl (C=O) groups excluding carboxylic acids is 1. The van der Waals surface area contributed by atoms with Crippen LogP contribution in [0, 0.1) is 0 Å². The monoisotopic (exact) mass is 252 g/mol. The zero-order valence-corrected chi connectivity index (χ0v) is 11.6. The number of rotatable bonds is 6. The van der Waals surface area contributed by atoms with E-state index in [0.717, 1.165) is 0 Å². The first kappa shape index (κ1) is 14.5. The van der Waals surface area contributed by atoms with Crippen molar-refractivity contribution in [3.63, 3.8) is 0 Å². The average molecular weight is 252 g/mol. The van der Waals surface area contributed by atoms with Gasteiger partial charge in [-0.1, -0.05) is 0 Å². The summed E-state index contributed by atoms with van der Waals surface area (Å²) in [5.41, 5.74) is 0.127. The molecule has 4 nitrogen and oxygen atoms in total. The van der Waals surface area contributed by atoms with Gasteiger partial charge in [0.2, 0.25) is 0 Å². The van der Waals surface area contributed by atoms with Crippen molar-refractivity contribution in [2.45, 2.75) is 25.9 Å². The Labute approximate surface area is 108 Å². The number of hydrogen-bond donors (Lipinski definition) is 0. The highest BCUT2D eigenvalue weighted by Gasteiger charge is 2.22. The van der Waals surface area contributed by atoms with E-state index in [0.29, 0.717) is 23.5 Å². The van der Waals surface area contributed by atoms with Gasteiger partial charge in [-0.3, -0.25) is 4.79 Å². The van der Waals surface area contributed by atoms with Gasteiger partial charge in [-0.15, -0.1) is 0 Å². The molecule has 0 aliphatic heterocycles. The van der Waals surface area contributed by atoms with Crippen molar-refractivity contribution in [3.8, 4) is 11.5 Å². The van der Waals surface area contributed by atoms with Crippen LogP contribution in [0.3, 0.4) is 0 Å². The second-order valence-corrected chi connectivity index (χ2v) is 4.63. The standard InChI is InChI=1S/C14H20O4/c1-14(2,18-5)9-11(15)10-6-7-12(16-3)13(8-10)17-4/h6-8H,9H2,1-5H3. The third-order valence-corrected chi connectivity index (χ3v) is 2.84. The summed E-state index contributed by atoms with van der Waals surface area (Å²) in [7, 11) is 4.71. The molecule has 0 aliphatic carbocycles. The number of carbonyl (C=O) groups is 1. The lowest BCUT2D eigenvalue weighted by Gasteiger charge is -2.21. The van der Waals surface area contributed by atoms with Crippen LogP contribution in [0.4, 0.5) is 0 Å². The molecule has 4 heteroatoms. The maximum atomic E-state index is 12.1. The van der Waals surface area contributed by atoms with Crippen molar-refractivity contribution in [1.29, 1.82) is 0 Å². The van der Waals surface area contributed by atoms with Gasteiger partial charge < -0.3 is 14.2 Å². The van der Waals surface area contributed by atoms with Crippen LogP contribution in [0.5, 0.6) is 11.5 Å². The number of ether oxygens (including phenoxy) is 3. The molecular formula is C14H20O4. The fourth-order valence-corrected chi connectivity index (χ4v) is 1.57. The van der Waals surface area contributed by atoms with Crippen molar-refractivity contribution >= 4 is 5.78 Å². The van der Waals surface area contributed by atoms with Gasteiger partial charge in [0.25, 0.3) is 0 Å². The molecule has 0 unspecified atom stereocenters. The van der Waals surface area contributed by atoms with Crippen LogP contribution in [0.25, 0.3) is 0 Å². The normalized spacial score (nSPS) is 11.2. The number of Topliss-reactive ketones (excluding diaryl/α,β-unsaturated/α-hetero) is 1. The SMILES string of the molecule is COc1ccc(C(=O)CC(C)(C)OC)cc1OC. The minimum atomic E-state index is -0.468. The van der Waals surface area contributed by atoms with Gasteiger partial charge in [-0.05, 0) is 32.0 Å². The van der Waals surface area contributed by atoms with Gasteiger partial charge in [0.15, 0.2) is 17.3 Å².